The summed E-state index contributed by atoms with van der Waals surface area (Å²) in [6.45, 7) is 2.36. The maximum absolute atomic E-state index is 12.4. The Morgan fingerprint density at radius 1 is 1.52 bits per heavy atom. The van der Waals surface area contributed by atoms with Gasteiger partial charge in [-0.25, -0.2) is 4.79 Å². The Morgan fingerprint density at radius 2 is 2.28 bits per heavy atom. The predicted molar refractivity (Wildman–Crippen MR) is 86.4 cm³/mol. The molecule has 8 nitrogen and oxygen atoms in total. The third kappa shape index (κ3) is 2.93. The zero-order valence-electron chi connectivity index (χ0n) is 14.7. The van der Waals surface area contributed by atoms with E-state index in [9.17, 15) is 19.5 Å². The van der Waals surface area contributed by atoms with Crippen molar-refractivity contribution in [2.75, 3.05) is 12.3 Å². The van der Waals surface area contributed by atoms with Gasteiger partial charge in [0.05, 0.1) is 6.04 Å². The van der Waals surface area contributed by atoms with E-state index >= 15 is 0 Å². The smallest absolute Gasteiger partial charge is 1.00 e. The zero-order valence-corrected chi connectivity index (χ0v) is 17.3. The van der Waals surface area contributed by atoms with Crippen LogP contribution in [0.1, 0.15) is 12.9 Å². The number of carboxylic acids is 1. The van der Waals surface area contributed by atoms with Crippen molar-refractivity contribution >= 4 is 41.4 Å². The van der Waals surface area contributed by atoms with Crippen molar-refractivity contribution in [1.82, 2.24) is 20.0 Å². The van der Waals surface area contributed by atoms with Crippen LogP contribution in [-0.2, 0) is 14.4 Å². The molecule has 0 unspecified atom stereocenters. The molecule has 1 aromatic heterocycles. The second-order valence-corrected chi connectivity index (χ2v) is 8.45. The summed E-state index contributed by atoms with van der Waals surface area (Å²) in [4.78, 5) is 38.1. The van der Waals surface area contributed by atoms with E-state index in [2.05, 4.69) is 10.2 Å². The summed E-state index contributed by atoms with van der Waals surface area (Å²) >= 11 is 2.89. The van der Waals surface area contributed by atoms with Crippen molar-refractivity contribution in [1.29, 1.82) is 0 Å². The fourth-order valence-corrected chi connectivity index (χ4v) is 5.64. The number of aryl methyl sites for hydroxylation is 1. The zero-order chi connectivity index (χ0) is 17.0. The summed E-state index contributed by atoms with van der Waals surface area (Å²) < 4.78 is 0.778. The van der Waals surface area contributed by atoms with Gasteiger partial charge in [0.1, 0.15) is 16.7 Å². The molecule has 3 aliphatic heterocycles. The number of aromatic nitrogens is 2. The second kappa shape index (κ2) is 6.99. The molecule has 0 bridgehead atoms. The molecule has 2 saturated heterocycles. The number of carbonyl (C=O) groups excluding carboxylic acids is 2. The van der Waals surface area contributed by atoms with E-state index in [0.29, 0.717) is 25.1 Å². The molecule has 1 N–H and O–H groups in total. The van der Waals surface area contributed by atoms with Gasteiger partial charge in [-0.2, -0.15) is 0 Å². The average molecular weight is 390 g/mol. The number of likely N-dealkylation sites (tertiary alicyclic amines) is 1. The first-order valence-corrected chi connectivity index (χ1v) is 9.23. The Kier molecular flexibility index (Phi) is 5.27. The van der Waals surface area contributed by atoms with Crippen molar-refractivity contribution < 1.29 is 50.5 Å². The van der Waals surface area contributed by atoms with Crippen LogP contribution in [0.25, 0.3) is 0 Å². The topological polar surface area (TPSA) is 104 Å². The molecular formula is C14H15N4NaO4S2. The maximum Gasteiger partial charge on any atom is 1.00 e. The van der Waals surface area contributed by atoms with E-state index in [-0.39, 0.29) is 54.5 Å². The van der Waals surface area contributed by atoms with Crippen molar-refractivity contribution in [3.63, 3.8) is 0 Å². The molecule has 11 heteroatoms. The summed E-state index contributed by atoms with van der Waals surface area (Å²) in [7, 11) is 0. The molecule has 2 fully saturated rings. The van der Waals surface area contributed by atoms with Crippen LogP contribution in [0.5, 0.6) is 0 Å². The monoisotopic (exact) mass is 390 g/mol. The van der Waals surface area contributed by atoms with Gasteiger partial charge in [-0.05, 0) is 18.9 Å². The Morgan fingerprint density at radius 3 is 2.88 bits per heavy atom. The van der Waals surface area contributed by atoms with E-state index in [1.807, 2.05) is 6.92 Å². The largest absolute Gasteiger partial charge is 1.00 e. The van der Waals surface area contributed by atoms with Gasteiger partial charge in [0.15, 0.2) is 4.34 Å². The molecule has 2 amide bonds. The number of hydrogen-bond acceptors (Lipinski definition) is 7. The van der Waals surface area contributed by atoms with Crippen molar-refractivity contribution in [3.8, 4) is 0 Å². The first-order chi connectivity index (χ1) is 11.5. The molecule has 0 aliphatic carbocycles. The number of thioether (sulfide) groups is 1. The molecule has 0 spiro atoms. The van der Waals surface area contributed by atoms with E-state index in [4.69, 9.17) is 0 Å². The Labute approximate surface area is 175 Å². The molecule has 128 valence electrons. The molecule has 4 rings (SSSR count). The molecule has 3 aliphatic rings. The van der Waals surface area contributed by atoms with Crippen molar-refractivity contribution in [2.24, 2.45) is 5.92 Å². The van der Waals surface area contributed by atoms with E-state index in [1.165, 1.54) is 32.9 Å². The van der Waals surface area contributed by atoms with Crippen molar-refractivity contribution in [3.05, 3.63) is 16.3 Å². The average Bonchev–Trinajstić information content (AvgIpc) is 3.12. The molecular weight excluding hydrogens is 375 g/mol. The summed E-state index contributed by atoms with van der Waals surface area (Å²) in [6.07, 6.45) is 1.28. The minimum Gasteiger partial charge on any atom is -1.00 e. The number of aliphatic carboxylic acids is 1. The molecule has 3 atom stereocenters. The van der Waals surface area contributed by atoms with E-state index in [1.54, 1.807) is 0 Å². The Hall–Kier alpha value is -0.940. The predicted octanol–water partition coefficient (Wildman–Crippen LogP) is -2.53. The Balaban J connectivity index is 0.00000121. The Bertz CT molecular complexity index is 789. The summed E-state index contributed by atoms with van der Waals surface area (Å²) in [5.74, 6) is -0.822. The molecule has 1 aromatic rings. The standard InChI is InChI=1S/C14H14N4O4S2.Na.H/c1-6-15-16-14(24-6)23-4-8-2-7-3-17(5-19)11-9(7)18(12(11)20)10(8)13(21)22;;/h5,7,9,11H,2-4H2,1H3,(H,21,22);;/q;+1;-1/t7-,9-,11+;;/m1../s1. The van der Waals surface area contributed by atoms with Crippen LogP contribution in [0.2, 0.25) is 0 Å². The van der Waals surface area contributed by atoms with Gasteiger partial charge in [-0.15, -0.1) is 10.2 Å². The van der Waals surface area contributed by atoms with Gasteiger partial charge in [-0.1, -0.05) is 23.1 Å². The van der Waals surface area contributed by atoms with Gasteiger partial charge in [0.2, 0.25) is 6.41 Å². The fourth-order valence-electron chi connectivity index (χ4n) is 3.80. The number of carbonyl (C=O) groups is 3. The number of rotatable bonds is 5. The van der Waals surface area contributed by atoms with Crippen LogP contribution in [0, 0.1) is 12.8 Å². The van der Waals surface area contributed by atoms with Gasteiger partial charge < -0.3 is 11.4 Å². The van der Waals surface area contributed by atoms with Crippen LogP contribution < -0.4 is 29.6 Å². The van der Waals surface area contributed by atoms with Crippen LogP contribution in [0.3, 0.4) is 0 Å². The SMILES string of the molecule is Cc1nnc(SCC2=C(C(=O)O)N3C(=O)[C@@H]4[C@H]3[C@H](C2)CN4C=O)s1.[H-].[Na+]. The van der Waals surface area contributed by atoms with Crippen LogP contribution in [0.4, 0.5) is 0 Å². The maximum atomic E-state index is 12.4. The van der Waals surface area contributed by atoms with Crippen LogP contribution in [-0.4, -0.2) is 67.8 Å². The first kappa shape index (κ1) is 18.8. The van der Waals surface area contributed by atoms with Gasteiger partial charge in [0, 0.05) is 18.2 Å². The van der Waals surface area contributed by atoms with Gasteiger partial charge >= 0.3 is 35.5 Å². The summed E-state index contributed by atoms with van der Waals surface area (Å²) in [6, 6.07) is -0.673. The minimum atomic E-state index is -1.09. The molecule has 25 heavy (non-hydrogen) atoms. The number of β-lactam (4-membered cyclic amide) rings is 1. The third-order valence-corrected chi connectivity index (χ3v) is 6.76. The first-order valence-electron chi connectivity index (χ1n) is 7.43. The molecule has 0 saturated carbocycles. The quantitative estimate of drug-likeness (QED) is 0.256. The van der Waals surface area contributed by atoms with E-state index in [0.717, 1.165) is 14.9 Å². The summed E-state index contributed by atoms with van der Waals surface area (Å²) in [5.41, 5.74) is 0.806. The van der Waals surface area contributed by atoms with Crippen LogP contribution in [0.15, 0.2) is 15.6 Å². The number of carboxylic acid groups (broad SMARTS) is 1. The van der Waals surface area contributed by atoms with Crippen molar-refractivity contribution in [2.45, 2.75) is 29.8 Å². The third-order valence-electron chi connectivity index (χ3n) is 4.70. The normalized spacial score (nSPS) is 26.9. The van der Waals surface area contributed by atoms with Gasteiger partial charge in [-0.3, -0.25) is 14.5 Å². The second-order valence-electron chi connectivity index (χ2n) is 6.04. The number of amides is 2. The molecule has 0 radical (unpaired) electrons. The molecule has 4 heterocycles. The van der Waals surface area contributed by atoms with E-state index < -0.39 is 12.0 Å². The number of nitrogens with zero attached hydrogens (tertiary/aromatic N) is 4. The number of hydrogen-bond donors (Lipinski definition) is 1. The molecule has 0 aromatic carbocycles. The summed E-state index contributed by atoms with van der Waals surface area (Å²) in [5, 5.41) is 18.4. The minimum absolute atomic E-state index is 0. The van der Waals surface area contributed by atoms with Gasteiger partial charge in [0.25, 0.3) is 5.91 Å². The fraction of sp³-hybridized carbons (Fsp3) is 0.500. The van der Waals surface area contributed by atoms with Crippen LogP contribution >= 0.6 is 23.1 Å².